The zero-order chi connectivity index (χ0) is 22.6. The van der Waals surface area contributed by atoms with Crippen LogP contribution in [0.5, 0.6) is 5.75 Å². The SMILES string of the molecule is CC(C)S(=O)(=O)c1cccc(OCC(O)CN(C(=O)O)C2COC3(CCNCC3)C2)c1. The van der Waals surface area contributed by atoms with Gasteiger partial charge in [-0.05, 0) is 64.4 Å². The molecule has 0 aliphatic carbocycles. The number of aliphatic hydroxyl groups is 1. The number of carboxylic acid groups (broad SMARTS) is 1. The van der Waals surface area contributed by atoms with Crippen molar-refractivity contribution >= 4 is 15.9 Å². The van der Waals surface area contributed by atoms with Crippen LogP contribution in [0.25, 0.3) is 0 Å². The van der Waals surface area contributed by atoms with Crippen LogP contribution in [0.3, 0.4) is 0 Å². The molecule has 0 bridgehead atoms. The molecule has 1 spiro atoms. The molecule has 0 radical (unpaired) electrons. The smallest absolute Gasteiger partial charge is 0.407 e. The van der Waals surface area contributed by atoms with Crippen molar-refractivity contribution in [3.8, 4) is 5.75 Å². The molecule has 3 rings (SSSR count). The minimum absolute atomic E-state index is 0.109. The molecule has 31 heavy (non-hydrogen) atoms. The van der Waals surface area contributed by atoms with Gasteiger partial charge in [0.05, 0.1) is 34.9 Å². The van der Waals surface area contributed by atoms with Crippen LogP contribution in [0.15, 0.2) is 29.2 Å². The van der Waals surface area contributed by atoms with Crippen molar-refractivity contribution in [1.29, 1.82) is 0 Å². The normalized spacial score (nSPS) is 21.9. The summed E-state index contributed by atoms with van der Waals surface area (Å²) < 4.78 is 36.2. The highest BCUT2D eigenvalue weighted by Crippen LogP contribution is 2.36. The summed E-state index contributed by atoms with van der Waals surface area (Å²) in [7, 11) is -3.44. The predicted octanol–water partition coefficient (Wildman–Crippen LogP) is 1.50. The molecule has 9 nitrogen and oxygen atoms in total. The van der Waals surface area contributed by atoms with Gasteiger partial charge >= 0.3 is 6.09 Å². The molecule has 2 fully saturated rings. The van der Waals surface area contributed by atoms with Crippen LogP contribution < -0.4 is 10.1 Å². The van der Waals surface area contributed by atoms with Crippen molar-refractivity contribution in [2.45, 2.75) is 61.0 Å². The summed E-state index contributed by atoms with van der Waals surface area (Å²) in [6.07, 6.45) is 0.134. The minimum atomic E-state index is -3.44. The van der Waals surface area contributed by atoms with E-state index in [-0.39, 0.29) is 29.7 Å². The van der Waals surface area contributed by atoms with Crippen LogP contribution in [0.1, 0.15) is 33.1 Å². The average molecular weight is 457 g/mol. The van der Waals surface area contributed by atoms with E-state index in [1.165, 1.54) is 17.0 Å². The average Bonchev–Trinajstić information content (AvgIpc) is 3.13. The number of amides is 1. The zero-order valence-corrected chi connectivity index (χ0v) is 18.8. The number of benzene rings is 1. The summed E-state index contributed by atoms with van der Waals surface area (Å²) in [4.78, 5) is 13.2. The van der Waals surface area contributed by atoms with Gasteiger partial charge in [-0.1, -0.05) is 6.07 Å². The Morgan fingerprint density at radius 3 is 2.71 bits per heavy atom. The second-order valence-electron chi connectivity index (χ2n) is 8.57. The fourth-order valence-corrected chi connectivity index (χ4v) is 5.21. The molecule has 2 atom stereocenters. The molecule has 0 aromatic heterocycles. The first kappa shape index (κ1) is 23.8. The third-order valence-electron chi connectivity index (χ3n) is 6.00. The Balaban J connectivity index is 1.58. The molecule has 1 amide bonds. The van der Waals surface area contributed by atoms with Crippen LogP contribution in [0.2, 0.25) is 0 Å². The summed E-state index contributed by atoms with van der Waals surface area (Å²) in [6.45, 7) is 4.96. The summed E-state index contributed by atoms with van der Waals surface area (Å²) in [5.74, 6) is 0.306. The van der Waals surface area contributed by atoms with Gasteiger partial charge in [0.1, 0.15) is 18.5 Å². The van der Waals surface area contributed by atoms with E-state index in [1.807, 2.05) is 0 Å². The molecule has 174 valence electrons. The van der Waals surface area contributed by atoms with E-state index in [4.69, 9.17) is 9.47 Å². The Morgan fingerprint density at radius 1 is 1.35 bits per heavy atom. The van der Waals surface area contributed by atoms with Gasteiger partial charge < -0.3 is 29.9 Å². The second kappa shape index (κ2) is 9.72. The monoisotopic (exact) mass is 456 g/mol. The summed E-state index contributed by atoms with van der Waals surface area (Å²) >= 11 is 0. The fraction of sp³-hybridized carbons (Fsp3) is 0.667. The van der Waals surface area contributed by atoms with Gasteiger partial charge in [0.15, 0.2) is 9.84 Å². The maximum absolute atomic E-state index is 12.3. The Hall–Kier alpha value is -1.88. The number of nitrogens with zero attached hydrogens (tertiary/aromatic N) is 1. The van der Waals surface area contributed by atoms with Crippen molar-refractivity contribution in [2.24, 2.45) is 0 Å². The van der Waals surface area contributed by atoms with E-state index >= 15 is 0 Å². The van der Waals surface area contributed by atoms with Crippen LogP contribution >= 0.6 is 0 Å². The van der Waals surface area contributed by atoms with Gasteiger partial charge in [-0.2, -0.15) is 0 Å². The van der Waals surface area contributed by atoms with Crippen LogP contribution in [-0.4, -0.2) is 85.5 Å². The lowest BCUT2D eigenvalue weighted by Gasteiger charge is -2.34. The van der Waals surface area contributed by atoms with Gasteiger partial charge in [-0.25, -0.2) is 13.2 Å². The molecule has 2 aliphatic rings. The molecule has 2 unspecified atom stereocenters. The Bertz CT molecular complexity index is 868. The Kier molecular flexibility index (Phi) is 7.46. The number of rotatable bonds is 8. The van der Waals surface area contributed by atoms with Crippen molar-refractivity contribution in [3.05, 3.63) is 24.3 Å². The lowest BCUT2D eigenvalue weighted by Crippen LogP contribution is -2.47. The summed E-state index contributed by atoms with van der Waals surface area (Å²) in [5.41, 5.74) is -0.284. The largest absolute Gasteiger partial charge is 0.491 e. The molecular weight excluding hydrogens is 424 g/mol. The predicted molar refractivity (Wildman–Crippen MR) is 114 cm³/mol. The molecule has 0 saturated carbocycles. The number of piperidine rings is 1. The Labute approximate surface area is 183 Å². The molecule has 1 aromatic carbocycles. The molecular formula is C21H32N2O7S. The van der Waals surface area contributed by atoms with Crippen LogP contribution in [0.4, 0.5) is 4.79 Å². The van der Waals surface area contributed by atoms with E-state index < -0.39 is 27.3 Å². The van der Waals surface area contributed by atoms with Gasteiger partial charge in [0.2, 0.25) is 0 Å². The number of hydrogen-bond acceptors (Lipinski definition) is 7. The second-order valence-corrected chi connectivity index (χ2v) is 11.1. The van der Waals surface area contributed by atoms with Gasteiger partial charge in [-0.3, -0.25) is 0 Å². The lowest BCUT2D eigenvalue weighted by atomic mass is 9.88. The minimum Gasteiger partial charge on any atom is -0.491 e. The first-order valence-electron chi connectivity index (χ1n) is 10.6. The number of hydrogen-bond donors (Lipinski definition) is 3. The zero-order valence-electron chi connectivity index (χ0n) is 18.0. The molecule has 2 heterocycles. The molecule has 10 heteroatoms. The van der Waals surface area contributed by atoms with Crippen molar-refractivity contribution in [2.75, 3.05) is 32.8 Å². The third-order valence-corrected chi connectivity index (χ3v) is 8.15. The van der Waals surface area contributed by atoms with Crippen LogP contribution in [-0.2, 0) is 14.6 Å². The number of carbonyl (C=O) groups is 1. The summed E-state index contributed by atoms with van der Waals surface area (Å²) in [6, 6.07) is 5.79. The highest BCUT2D eigenvalue weighted by molar-refractivity contribution is 7.92. The number of sulfone groups is 1. The maximum atomic E-state index is 12.3. The highest BCUT2D eigenvalue weighted by Gasteiger charge is 2.44. The van der Waals surface area contributed by atoms with E-state index in [2.05, 4.69) is 5.32 Å². The number of nitrogens with one attached hydrogen (secondary N) is 1. The van der Waals surface area contributed by atoms with Crippen molar-refractivity contribution in [1.82, 2.24) is 10.2 Å². The highest BCUT2D eigenvalue weighted by atomic mass is 32.2. The lowest BCUT2D eigenvalue weighted by molar-refractivity contribution is -0.0205. The van der Waals surface area contributed by atoms with Gasteiger partial charge in [-0.15, -0.1) is 0 Å². The quantitative estimate of drug-likeness (QED) is 0.537. The van der Waals surface area contributed by atoms with Gasteiger partial charge in [0, 0.05) is 0 Å². The Morgan fingerprint density at radius 2 is 2.06 bits per heavy atom. The first-order chi connectivity index (χ1) is 14.6. The molecule has 1 aromatic rings. The molecule has 3 N–H and O–H groups in total. The van der Waals surface area contributed by atoms with Crippen LogP contribution in [0, 0.1) is 0 Å². The molecule has 2 saturated heterocycles. The van der Waals surface area contributed by atoms with E-state index in [0.29, 0.717) is 18.8 Å². The number of ether oxygens (including phenoxy) is 2. The molecule has 2 aliphatic heterocycles. The van der Waals surface area contributed by atoms with E-state index in [0.717, 1.165) is 25.9 Å². The standard InChI is InChI=1S/C21H32N2O7S/c1-15(2)31(27,28)19-5-3-4-18(10-19)29-14-17(24)12-23(20(25)26)16-11-21(30-13-16)6-8-22-9-7-21/h3-5,10,15-17,22,24H,6-9,11-14H2,1-2H3,(H,25,26). The topological polar surface area (TPSA) is 125 Å². The van der Waals surface area contributed by atoms with Crippen molar-refractivity contribution in [3.63, 3.8) is 0 Å². The van der Waals surface area contributed by atoms with Crippen molar-refractivity contribution < 1.29 is 32.9 Å². The number of aliphatic hydroxyl groups excluding tert-OH is 1. The van der Waals surface area contributed by atoms with E-state index in [1.54, 1.807) is 26.0 Å². The third kappa shape index (κ3) is 5.68. The maximum Gasteiger partial charge on any atom is 0.407 e. The summed E-state index contributed by atoms with van der Waals surface area (Å²) in [5, 5.41) is 22.8. The van der Waals surface area contributed by atoms with Gasteiger partial charge in [0.25, 0.3) is 0 Å². The van der Waals surface area contributed by atoms with E-state index in [9.17, 15) is 23.4 Å². The first-order valence-corrected chi connectivity index (χ1v) is 12.2. The fourth-order valence-electron chi connectivity index (χ4n) is 4.12.